The molecular formula is C15H18N2O2. The lowest BCUT2D eigenvalue weighted by atomic mass is 10.0. The molecule has 0 radical (unpaired) electrons. The highest BCUT2D eigenvalue weighted by Gasteiger charge is 2.67. The van der Waals surface area contributed by atoms with Gasteiger partial charge < -0.3 is 9.63 Å². The van der Waals surface area contributed by atoms with E-state index in [9.17, 15) is 5.11 Å². The van der Waals surface area contributed by atoms with Gasteiger partial charge in [0.25, 0.3) is 0 Å². The van der Waals surface area contributed by atoms with Crippen molar-refractivity contribution in [2.24, 2.45) is 10.8 Å². The minimum atomic E-state index is 0.186. The quantitative estimate of drug-likeness (QED) is 0.894. The Morgan fingerprint density at radius 2 is 1.63 bits per heavy atom. The highest BCUT2D eigenvalue weighted by molar-refractivity contribution is 5.55. The molecule has 3 rings (SSSR count). The van der Waals surface area contributed by atoms with Gasteiger partial charge in [-0.05, 0) is 35.1 Å². The lowest BCUT2D eigenvalue weighted by molar-refractivity contribution is 0.365. The summed E-state index contributed by atoms with van der Waals surface area (Å²) >= 11 is 0. The second-order valence-electron chi connectivity index (χ2n) is 6.38. The van der Waals surface area contributed by atoms with E-state index in [0.717, 1.165) is 5.56 Å². The minimum absolute atomic E-state index is 0.186. The van der Waals surface area contributed by atoms with Crippen LogP contribution in [0.2, 0.25) is 0 Å². The maximum Gasteiger partial charge on any atom is 0.231 e. The predicted molar refractivity (Wildman–Crippen MR) is 71.7 cm³/mol. The molecule has 0 aliphatic heterocycles. The molecule has 1 aliphatic rings. The van der Waals surface area contributed by atoms with Crippen LogP contribution in [0.3, 0.4) is 0 Å². The summed E-state index contributed by atoms with van der Waals surface area (Å²) in [5.41, 5.74) is 1.22. The first-order valence-electron chi connectivity index (χ1n) is 6.47. The van der Waals surface area contributed by atoms with Gasteiger partial charge >= 0.3 is 0 Å². The monoisotopic (exact) mass is 258 g/mol. The van der Waals surface area contributed by atoms with E-state index < -0.39 is 0 Å². The average molecular weight is 258 g/mol. The molecule has 0 bridgehead atoms. The summed E-state index contributed by atoms with van der Waals surface area (Å²) in [5.74, 6) is 1.82. The number of benzene rings is 1. The Morgan fingerprint density at radius 3 is 2.16 bits per heavy atom. The fraction of sp³-hybridized carbons (Fsp3) is 0.467. The van der Waals surface area contributed by atoms with Crippen molar-refractivity contribution in [1.29, 1.82) is 0 Å². The fourth-order valence-electron chi connectivity index (χ4n) is 2.89. The van der Waals surface area contributed by atoms with Crippen LogP contribution in [0.5, 0.6) is 5.75 Å². The van der Waals surface area contributed by atoms with E-state index in [1.165, 1.54) is 0 Å². The first-order chi connectivity index (χ1) is 8.84. The van der Waals surface area contributed by atoms with E-state index in [4.69, 9.17) is 4.52 Å². The van der Waals surface area contributed by atoms with Crippen LogP contribution in [0.4, 0.5) is 0 Å². The fourth-order valence-corrected chi connectivity index (χ4v) is 2.89. The van der Waals surface area contributed by atoms with E-state index in [2.05, 4.69) is 37.8 Å². The van der Waals surface area contributed by atoms with Crippen molar-refractivity contribution >= 4 is 0 Å². The lowest BCUT2D eigenvalue weighted by Gasteiger charge is -2.03. The Morgan fingerprint density at radius 1 is 1.05 bits per heavy atom. The number of aromatic hydroxyl groups is 1. The smallest absolute Gasteiger partial charge is 0.231 e. The minimum Gasteiger partial charge on any atom is -0.508 e. The first-order valence-corrected chi connectivity index (χ1v) is 6.47. The third-order valence-corrected chi connectivity index (χ3v) is 4.83. The number of hydrogen-bond donors (Lipinski definition) is 1. The molecule has 4 nitrogen and oxygen atoms in total. The van der Waals surface area contributed by atoms with Crippen LogP contribution >= 0.6 is 0 Å². The predicted octanol–water partition coefficient (Wildman–Crippen LogP) is 3.59. The zero-order valence-electron chi connectivity index (χ0n) is 11.6. The van der Waals surface area contributed by atoms with Crippen LogP contribution in [0.15, 0.2) is 28.8 Å². The molecule has 1 aromatic heterocycles. The second-order valence-corrected chi connectivity index (χ2v) is 6.38. The third-order valence-electron chi connectivity index (χ3n) is 4.83. The van der Waals surface area contributed by atoms with Crippen LogP contribution in [-0.4, -0.2) is 15.2 Å². The molecule has 1 saturated carbocycles. The summed E-state index contributed by atoms with van der Waals surface area (Å²) in [6.07, 6.45) is 0. The molecule has 0 unspecified atom stereocenters. The molecule has 0 amide bonds. The summed E-state index contributed by atoms with van der Waals surface area (Å²) in [4.78, 5) is 4.50. The van der Waals surface area contributed by atoms with Crippen molar-refractivity contribution in [2.75, 3.05) is 0 Å². The SMILES string of the molecule is CC1(C)C(c2nc(-c3ccc(O)cc3)no2)C1(C)C. The molecule has 2 aromatic rings. The molecule has 1 heterocycles. The number of rotatable bonds is 2. The van der Waals surface area contributed by atoms with Gasteiger partial charge in [0.2, 0.25) is 11.7 Å². The molecule has 1 N–H and O–H groups in total. The van der Waals surface area contributed by atoms with Crippen molar-refractivity contribution in [3.63, 3.8) is 0 Å². The average Bonchev–Trinajstić information content (AvgIpc) is 2.71. The topological polar surface area (TPSA) is 59.2 Å². The van der Waals surface area contributed by atoms with Crippen LogP contribution in [0.25, 0.3) is 11.4 Å². The Labute approximate surface area is 112 Å². The van der Waals surface area contributed by atoms with Crippen LogP contribution in [-0.2, 0) is 0 Å². The zero-order valence-corrected chi connectivity index (χ0v) is 11.6. The molecule has 1 fully saturated rings. The molecule has 100 valence electrons. The summed E-state index contributed by atoms with van der Waals surface area (Å²) < 4.78 is 5.42. The lowest BCUT2D eigenvalue weighted by Crippen LogP contribution is -1.95. The summed E-state index contributed by atoms with van der Waals surface area (Å²) in [6, 6.07) is 6.81. The Kier molecular flexibility index (Phi) is 2.31. The van der Waals surface area contributed by atoms with Crippen molar-refractivity contribution in [1.82, 2.24) is 10.1 Å². The van der Waals surface area contributed by atoms with Gasteiger partial charge in [-0.1, -0.05) is 32.9 Å². The van der Waals surface area contributed by atoms with E-state index in [1.807, 2.05) is 0 Å². The number of hydrogen-bond acceptors (Lipinski definition) is 4. The second kappa shape index (κ2) is 3.59. The standard InChI is InChI=1S/C15H18N2O2/c1-14(2)11(15(14,3)4)13-16-12(17-19-13)9-5-7-10(18)8-6-9/h5-8,11,18H,1-4H3. The molecule has 0 atom stereocenters. The molecule has 1 aliphatic carbocycles. The van der Waals surface area contributed by atoms with Gasteiger partial charge in [0.15, 0.2) is 0 Å². The number of phenolic OH excluding ortho intramolecular Hbond substituents is 1. The van der Waals surface area contributed by atoms with Crippen molar-refractivity contribution in [3.8, 4) is 17.1 Å². The summed E-state index contributed by atoms with van der Waals surface area (Å²) in [6.45, 7) is 8.90. The van der Waals surface area contributed by atoms with E-state index >= 15 is 0 Å². The van der Waals surface area contributed by atoms with Crippen molar-refractivity contribution < 1.29 is 9.63 Å². The molecule has 0 saturated heterocycles. The molecule has 1 aromatic carbocycles. The number of phenols is 1. The van der Waals surface area contributed by atoms with Crippen molar-refractivity contribution in [3.05, 3.63) is 30.2 Å². The number of aromatic nitrogens is 2. The van der Waals surface area contributed by atoms with E-state index in [0.29, 0.717) is 17.6 Å². The Hall–Kier alpha value is -1.84. The number of nitrogens with zero attached hydrogens (tertiary/aromatic N) is 2. The first kappa shape index (κ1) is 12.2. The third kappa shape index (κ3) is 1.66. The van der Waals surface area contributed by atoms with Gasteiger partial charge in [0.05, 0.1) is 0 Å². The maximum absolute atomic E-state index is 9.28. The van der Waals surface area contributed by atoms with E-state index in [1.54, 1.807) is 24.3 Å². The van der Waals surface area contributed by atoms with Gasteiger partial charge in [-0.25, -0.2) is 0 Å². The maximum atomic E-state index is 9.28. The molecular weight excluding hydrogens is 240 g/mol. The van der Waals surface area contributed by atoms with Gasteiger partial charge in [-0.3, -0.25) is 0 Å². The summed E-state index contributed by atoms with van der Waals surface area (Å²) in [5, 5.41) is 13.3. The van der Waals surface area contributed by atoms with Gasteiger partial charge in [-0.15, -0.1) is 0 Å². The zero-order chi connectivity index (χ0) is 13.8. The largest absolute Gasteiger partial charge is 0.508 e. The van der Waals surface area contributed by atoms with Gasteiger partial charge in [-0.2, -0.15) is 4.98 Å². The van der Waals surface area contributed by atoms with Crippen molar-refractivity contribution in [2.45, 2.75) is 33.6 Å². The van der Waals surface area contributed by atoms with Gasteiger partial charge in [0, 0.05) is 11.5 Å². The van der Waals surface area contributed by atoms with Crippen LogP contribution in [0.1, 0.15) is 39.5 Å². The highest BCUT2D eigenvalue weighted by atomic mass is 16.5. The normalized spacial score (nSPS) is 20.4. The van der Waals surface area contributed by atoms with Crippen LogP contribution < -0.4 is 0 Å². The Balaban J connectivity index is 1.91. The molecule has 0 spiro atoms. The Bertz CT molecular complexity index is 597. The molecule has 19 heavy (non-hydrogen) atoms. The van der Waals surface area contributed by atoms with Gasteiger partial charge in [0.1, 0.15) is 5.75 Å². The molecule has 4 heteroatoms. The van der Waals surface area contributed by atoms with Crippen LogP contribution in [0, 0.1) is 10.8 Å². The highest BCUT2D eigenvalue weighted by Crippen LogP contribution is 2.73. The van der Waals surface area contributed by atoms with E-state index in [-0.39, 0.29) is 16.6 Å². The summed E-state index contributed by atoms with van der Waals surface area (Å²) in [7, 11) is 0.